The molecule has 0 spiro atoms. The van der Waals surface area contributed by atoms with E-state index < -0.39 is 26.5 Å². The molecule has 0 bridgehead atoms. The number of nitrogens with zero attached hydrogens (tertiary/aromatic N) is 1. The number of phosphoric ester groups is 1. The van der Waals surface area contributed by atoms with E-state index in [9.17, 15) is 19.0 Å². The standard InChI is InChI=1S/C85H160NO8P/c1-6-8-10-12-14-16-18-20-22-24-26-28-30-32-34-36-38-40-41-42-43-44-46-47-49-51-53-55-57-59-61-63-65-67-69-71-73-75-77-84(87)91-81-83(82-93-95(89,90)92-80-79-86(3,4)5)94-85(88)78-76-74-72-70-68-66-64-62-60-58-56-54-52-50-48-45-39-37-35-33-31-29-27-25-23-21-19-17-15-13-11-9-7-2/h9,11,15,17,21,23,27,29,33,35,83H,6-8,10,12-14,16,18-20,22,24-26,28,30-32,34,36-82H2,1-5H3/p+1/b11-9-,17-15-,23-21-,29-27-,35-33-. The highest BCUT2D eigenvalue weighted by molar-refractivity contribution is 7.47. The first-order chi connectivity index (χ1) is 46.5. The predicted octanol–water partition coefficient (Wildman–Crippen LogP) is 27.7. The van der Waals surface area contributed by atoms with Gasteiger partial charge in [0.25, 0.3) is 0 Å². The van der Waals surface area contributed by atoms with Crippen molar-refractivity contribution in [1.82, 2.24) is 0 Å². The van der Waals surface area contributed by atoms with Crippen LogP contribution in [0.5, 0.6) is 0 Å². The van der Waals surface area contributed by atoms with Crippen molar-refractivity contribution in [1.29, 1.82) is 0 Å². The molecule has 0 heterocycles. The monoisotopic (exact) mass is 1360 g/mol. The number of rotatable bonds is 78. The molecule has 0 radical (unpaired) electrons. The Bertz CT molecular complexity index is 1790. The van der Waals surface area contributed by atoms with Crippen molar-refractivity contribution in [2.75, 3.05) is 47.5 Å². The first-order valence-electron chi connectivity index (χ1n) is 41.5. The van der Waals surface area contributed by atoms with Gasteiger partial charge < -0.3 is 18.9 Å². The first kappa shape index (κ1) is 92.7. The quantitative estimate of drug-likeness (QED) is 0.0211. The lowest BCUT2D eigenvalue weighted by atomic mass is 10.0. The van der Waals surface area contributed by atoms with Gasteiger partial charge in [-0.2, -0.15) is 0 Å². The minimum absolute atomic E-state index is 0.0335. The Labute approximate surface area is 591 Å². The first-order valence-corrected chi connectivity index (χ1v) is 43.0. The zero-order valence-corrected chi connectivity index (χ0v) is 64.8. The average molecular weight is 1360 g/mol. The van der Waals surface area contributed by atoms with Gasteiger partial charge in [-0.3, -0.25) is 18.6 Å². The molecule has 0 aliphatic rings. The predicted molar refractivity (Wildman–Crippen MR) is 413 cm³/mol. The van der Waals surface area contributed by atoms with Crippen molar-refractivity contribution >= 4 is 19.8 Å². The van der Waals surface area contributed by atoms with E-state index in [0.29, 0.717) is 23.9 Å². The van der Waals surface area contributed by atoms with Crippen LogP contribution in [0.1, 0.15) is 418 Å². The second-order valence-corrected chi connectivity index (χ2v) is 30.9. The number of unbranched alkanes of at least 4 members (excludes halogenated alkanes) is 54. The molecule has 0 aromatic carbocycles. The van der Waals surface area contributed by atoms with E-state index in [-0.39, 0.29) is 25.6 Å². The number of carbonyl (C=O) groups is 2. The van der Waals surface area contributed by atoms with Crippen LogP contribution in [0, 0.1) is 0 Å². The molecule has 0 aromatic rings. The lowest BCUT2D eigenvalue weighted by molar-refractivity contribution is -0.870. The fourth-order valence-corrected chi connectivity index (χ4v) is 13.3. The fourth-order valence-electron chi connectivity index (χ4n) is 12.5. The molecule has 0 aliphatic carbocycles. The Kier molecular flexibility index (Phi) is 74.1. The van der Waals surface area contributed by atoms with Gasteiger partial charge >= 0.3 is 19.8 Å². The van der Waals surface area contributed by atoms with Crippen molar-refractivity contribution in [3.05, 3.63) is 60.8 Å². The molecule has 0 aromatic heterocycles. The fraction of sp³-hybridized carbons (Fsp3) is 0.859. The highest BCUT2D eigenvalue weighted by Crippen LogP contribution is 2.43. The normalized spacial score (nSPS) is 13.3. The lowest BCUT2D eigenvalue weighted by Crippen LogP contribution is -2.37. The van der Waals surface area contributed by atoms with Crippen molar-refractivity contribution in [3.63, 3.8) is 0 Å². The van der Waals surface area contributed by atoms with E-state index in [2.05, 4.69) is 74.6 Å². The molecule has 558 valence electrons. The Balaban J connectivity index is 3.89. The van der Waals surface area contributed by atoms with Gasteiger partial charge in [-0.05, 0) is 57.8 Å². The van der Waals surface area contributed by atoms with Gasteiger partial charge in [-0.25, -0.2) is 4.57 Å². The molecule has 0 rings (SSSR count). The highest BCUT2D eigenvalue weighted by atomic mass is 31.2. The van der Waals surface area contributed by atoms with Crippen LogP contribution in [0.25, 0.3) is 0 Å². The zero-order valence-electron chi connectivity index (χ0n) is 63.9. The Morgan fingerprint density at radius 3 is 0.895 bits per heavy atom. The number of likely N-dealkylation sites (N-methyl/N-ethyl adjacent to an activating group) is 1. The van der Waals surface area contributed by atoms with E-state index in [4.69, 9.17) is 18.5 Å². The molecule has 2 atom stereocenters. The maximum absolute atomic E-state index is 12.9. The van der Waals surface area contributed by atoms with E-state index in [1.807, 2.05) is 21.1 Å². The summed E-state index contributed by atoms with van der Waals surface area (Å²) >= 11 is 0. The third-order valence-corrected chi connectivity index (χ3v) is 19.8. The van der Waals surface area contributed by atoms with Crippen molar-refractivity contribution in [2.45, 2.75) is 424 Å². The molecule has 0 aliphatic heterocycles. The molecule has 0 amide bonds. The minimum Gasteiger partial charge on any atom is -0.462 e. The smallest absolute Gasteiger partial charge is 0.462 e. The van der Waals surface area contributed by atoms with Crippen LogP contribution in [0.15, 0.2) is 60.8 Å². The Morgan fingerprint density at radius 1 is 0.337 bits per heavy atom. The van der Waals surface area contributed by atoms with E-state index in [1.54, 1.807) is 0 Å². The largest absolute Gasteiger partial charge is 0.472 e. The second-order valence-electron chi connectivity index (χ2n) is 29.5. The zero-order chi connectivity index (χ0) is 69.0. The topological polar surface area (TPSA) is 108 Å². The summed E-state index contributed by atoms with van der Waals surface area (Å²) in [7, 11) is 1.50. The number of quaternary nitrogens is 1. The van der Waals surface area contributed by atoms with Crippen LogP contribution in [0.3, 0.4) is 0 Å². The van der Waals surface area contributed by atoms with E-state index >= 15 is 0 Å². The van der Waals surface area contributed by atoms with Gasteiger partial charge in [0.05, 0.1) is 27.7 Å². The molecule has 0 fully saturated rings. The molecular weight excluding hydrogens is 1190 g/mol. The summed E-state index contributed by atoms with van der Waals surface area (Å²) in [6, 6.07) is 0. The van der Waals surface area contributed by atoms with Crippen LogP contribution < -0.4 is 0 Å². The SMILES string of the molecule is CC/C=C\C/C=C\C/C=C\C/C=C\C/C=C\CCCCCCCCCCCCCCCCCCCC(=O)OC(COC(=O)CCCCCCCCCCCCCCCCCCCCCCCCCCCCCCCCCCCCCCCC)COP(=O)(O)OCC[N+](C)(C)C. The van der Waals surface area contributed by atoms with Gasteiger partial charge in [0.15, 0.2) is 6.10 Å². The number of hydrogen-bond donors (Lipinski definition) is 1. The number of ether oxygens (including phenoxy) is 2. The van der Waals surface area contributed by atoms with Crippen molar-refractivity contribution in [2.24, 2.45) is 0 Å². The third-order valence-electron chi connectivity index (χ3n) is 18.8. The molecule has 2 unspecified atom stereocenters. The summed E-state index contributed by atoms with van der Waals surface area (Å²) in [6.07, 6.45) is 102. The maximum atomic E-state index is 12.9. The van der Waals surface area contributed by atoms with Crippen LogP contribution in [-0.4, -0.2) is 74.9 Å². The summed E-state index contributed by atoms with van der Waals surface area (Å²) in [6.45, 7) is 4.40. The van der Waals surface area contributed by atoms with Crippen LogP contribution in [-0.2, 0) is 32.7 Å². The molecule has 0 saturated carbocycles. The van der Waals surface area contributed by atoms with E-state index in [0.717, 1.165) is 64.2 Å². The number of esters is 2. The van der Waals surface area contributed by atoms with Crippen molar-refractivity contribution in [3.8, 4) is 0 Å². The van der Waals surface area contributed by atoms with Gasteiger partial charge in [-0.15, -0.1) is 0 Å². The summed E-state index contributed by atoms with van der Waals surface area (Å²) < 4.78 is 34.9. The summed E-state index contributed by atoms with van der Waals surface area (Å²) in [5, 5.41) is 0. The second kappa shape index (κ2) is 75.9. The third kappa shape index (κ3) is 80.6. The molecule has 9 nitrogen and oxygen atoms in total. The summed E-state index contributed by atoms with van der Waals surface area (Å²) in [4.78, 5) is 36.0. The molecule has 10 heteroatoms. The Hall–Kier alpha value is -2.29. The lowest BCUT2D eigenvalue weighted by Gasteiger charge is -2.24. The molecular formula is C85H161NO8P+. The molecule has 0 saturated heterocycles. The van der Waals surface area contributed by atoms with Crippen LogP contribution >= 0.6 is 7.82 Å². The average Bonchev–Trinajstić information content (AvgIpc) is 1.80. The maximum Gasteiger partial charge on any atom is 0.472 e. The van der Waals surface area contributed by atoms with Gasteiger partial charge in [0.1, 0.15) is 19.8 Å². The molecule has 1 N–H and O–H groups in total. The molecule has 95 heavy (non-hydrogen) atoms. The van der Waals surface area contributed by atoms with Gasteiger partial charge in [-0.1, -0.05) is 408 Å². The number of allylic oxidation sites excluding steroid dienone is 10. The van der Waals surface area contributed by atoms with Crippen molar-refractivity contribution < 1.29 is 42.1 Å². The van der Waals surface area contributed by atoms with Gasteiger partial charge in [0, 0.05) is 12.8 Å². The minimum atomic E-state index is -4.40. The number of hydrogen-bond acceptors (Lipinski definition) is 7. The summed E-state index contributed by atoms with van der Waals surface area (Å²) in [5.41, 5.74) is 0. The van der Waals surface area contributed by atoms with Gasteiger partial charge in [0.2, 0.25) is 0 Å². The van der Waals surface area contributed by atoms with Crippen LogP contribution in [0.2, 0.25) is 0 Å². The van der Waals surface area contributed by atoms with E-state index in [1.165, 1.54) is 321 Å². The number of phosphoric acid groups is 1. The highest BCUT2D eigenvalue weighted by Gasteiger charge is 2.27. The Morgan fingerprint density at radius 2 is 0.600 bits per heavy atom. The van der Waals surface area contributed by atoms with Crippen LogP contribution in [0.4, 0.5) is 0 Å². The summed E-state index contributed by atoms with van der Waals surface area (Å²) in [5.74, 6) is -0.775. The number of carbonyl (C=O) groups excluding carboxylic acids is 2.